The fraction of sp³-hybridized carbons (Fsp3) is 0.0714. The minimum Gasteiger partial charge on any atom is -0.459 e. The minimum absolute atomic E-state index is 0.0845. The highest BCUT2D eigenvalue weighted by Crippen LogP contribution is 2.14. The molecule has 1 heterocycles. The molecule has 0 bridgehead atoms. The second-order valence-electron chi connectivity index (χ2n) is 4.27. The van der Waals surface area contributed by atoms with Gasteiger partial charge in [0.2, 0.25) is 0 Å². The van der Waals surface area contributed by atoms with Gasteiger partial charge in [0.1, 0.15) is 0 Å². The molecule has 2 rings (SSSR count). The van der Waals surface area contributed by atoms with E-state index in [0.717, 1.165) is 6.21 Å². The van der Waals surface area contributed by atoms with Crippen LogP contribution in [0, 0.1) is 10.1 Å². The zero-order valence-electron chi connectivity index (χ0n) is 11.8. The molecule has 1 aromatic heterocycles. The monoisotopic (exact) mass is 316 g/mol. The molecule has 0 unspecified atom stereocenters. The van der Waals surface area contributed by atoms with E-state index in [1.54, 1.807) is 12.1 Å². The predicted molar refractivity (Wildman–Crippen MR) is 79.9 cm³/mol. The van der Waals surface area contributed by atoms with Crippen molar-refractivity contribution in [2.24, 2.45) is 5.10 Å². The first kappa shape index (κ1) is 15.9. The number of nitro benzene ring substituents is 1. The first-order valence-corrected chi connectivity index (χ1v) is 6.45. The number of hydrogen-bond donors (Lipinski definition) is 2. The third-order valence-corrected chi connectivity index (χ3v) is 2.68. The number of para-hydroxylation sites is 1. The molecule has 23 heavy (non-hydrogen) atoms. The van der Waals surface area contributed by atoms with E-state index in [1.165, 1.54) is 30.5 Å². The van der Waals surface area contributed by atoms with Crippen LogP contribution in [0.15, 0.2) is 52.2 Å². The third kappa shape index (κ3) is 4.49. The molecular weight excluding hydrogens is 304 g/mol. The standard InChI is InChI=1S/C14H12N4O5/c19-13(9-15-14(20)12-6-3-7-23-12)17-16-8-10-4-1-2-5-11(10)18(21)22/h1-8H,9H2,(H,15,20)(H,17,19)/b16-8-. The van der Waals surface area contributed by atoms with Crippen molar-refractivity contribution in [3.8, 4) is 0 Å². The van der Waals surface area contributed by atoms with Gasteiger partial charge in [0.25, 0.3) is 17.5 Å². The molecule has 118 valence electrons. The van der Waals surface area contributed by atoms with Gasteiger partial charge in [-0.3, -0.25) is 19.7 Å². The van der Waals surface area contributed by atoms with E-state index in [0.29, 0.717) is 0 Å². The maximum absolute atomic E-state index is 11.5. The van der Waals surface area contributed by atoms with Gasteiger partial charge in [-0.25, -0.2) is 5.43 Å². The Morgan fingerprint density at radius 1 is 1.26 bits per heavy atom. The van der Waals surface area contributed by atoms with Gasteiger partial charge in [0.05, 0.1) is 29.5 Å². The molecule has 0 fully saturated rings. The van der Waals surface area contributed by atoms with Gasteiger partial charge >= 0.3 is 0 Å². The molecule has 0 saturated carbocycles. The molecule has 2 aromatic rings. The maximum atomic E-state index is 11.5. The lowest BCUT2D eigenvalue weighted by molar-refractivity contribution is -0.385. The minimum atomic E-state index is -0.584. The van der Waals surface area contributed by atoms with Gasteiger partial charge in [-0.15, -0.1) is 0 Å². The van der Waals surface area contributed by atoms with Crippen LogP contribution in [-0.4, -0.2) is 29.5 Å². The lowest BCUT2D eigenvalue weighted by Gasteiger charge is -2.01. The number of carbonyl (C=O) groups is 2. The van der Waals surface area contributed by atoms with E-state index >= 15 is 0 Å². The zero-order chi connectivity index (χ0) is 16.7. The van der Waals surface area contributed by atoms with Gasteiger partial charge < -0.3 is 9.73 Å². The zero-order valence-corrected chi connectivity index (χ0v) is 11.8. The molecule has 2 N–H and O–H groups in total. The van der Waals surface area contributed by atoms with Crippen molar-refractivity contribution in [3.63, 3.8) is 0 Å². The summed E-state index contributed by atoms with van der Waals surface area (Å²) in [6.07, 6.45) is 2.50. The van der Waals surface area contributed by atoms with Crippen molar-refractivity contribution < 1.29 is 18.9 Å². The van der Waals surface area contributed by atoms with Gasteiger partial charge in [0, 0.05) is 6.07 Å². The summed E-state index contributed by atoms with van der Waals surface area (Å²) in [6, 6.07) is 8.96. The average molecular weight is 316 g/mol. The van der Waals surface area contributed by atoms with Crippen molar-refractivity contribution in [2.75, 3.05) is 6.54 Å². The van der Waals surface area contributed by atoms with Crippen molar-refractivity contribution in [3.05, 3.63) is 64.1 Å². The van der Waals surface area contributed by atoms with Crippen LogP contribution in [0.5, 0.6) is 0 Å². The summed E-state index contributed by atoms with van der Waals surface area (Å²) >= 11 is 0. The summed E-state index contributed by atoms with van der Waals surface area (Å²) in [4.78, 5) is 33.3. The summed E-state index contributed by atoms with van der Waals surface area (Å²) in [5, 5.41) is 16.8. The number of amides is 2. The lowest BCUT2D eigenvalue weighted by atomic mass is 10.2. The third-order valence-electron chi connectivity index (χ3n) is 2.68. The SMILES string of the molecule is O=C(CNC(=O)c1ccco1)N/N=C\c1ccccc1[N+](=O)[O-]. The molecule has 0 aliphatic heterocycles. The van der Waals surface area contributed by atoms with Crippen LogP contribution in [0.3, 0.4) is 0 Å². The highest BCUT2D eigenvalue weighted by molar-refractivity contribution is 5.94. The summed E-state index contributed by atoms with van der Waals surface area (Å²) < 4.78 is 4.86. The number of nitrogens with zero attached hydrogens (tertiary/aromatic N) is 2. The maximum Gasteiger partial charge on any atom is 0.287 e. The largest absolute Gasteiger partial charge is 0.459 e. The number of rotatable bonds is 6. The first-order chi connectivity index (χ1) is 11.1. The van der Waals surface area contributed by atoms with Crippen LogP contribution in [-0.2, 0) is 4.79 Å². The summed E-state index contributed by atoms with van der Waals surface area (Å²) in [5.41, 5.74) is 2.28. The first-order valence-electron chi connectivity index (χ1n) is 6.45. The number of furan rings is 1. The van der Waals surface area contributed by atoms with Crippen LogP contribution in [0.4, 0.5) is 5.69 Å². The molecule has 0 spiro atoms. The van der Waals surface area contributed by atoms with Gasteiger partial charge in [-0.2, -0.15) is 5.10 Å². The number of carbonyl (C=O) groups excluding carboxylic acids is 2. The summed E-state index contributed by atoms with van der Waals surface area (Å²) in [6.45, 7) is -0.312. The van der Waals surface area contributed by atoms with Gasteiger partial charge in [0.15, 0.2) is 5.76 Å². The normalized spacial score (nSPS) is 10.4. The van der Waals surface area contributed by atoms with E-state index in [4.69, 9.17) is 4.42 Å². The van der Waals surface area contributed by atoms with E-state index in [-0.39, 0.29) is 23.6 Å². The molecule has 1 aromatic carbocycles. The molecule has 0 atom stereocenters. The highest BCUT2D eigenvalue weighted by atomic mass is 16.6. The Morgan fingerprint density at radius 3 is 2.74 bits per heavy atom. The number of hydrogen-bond acceptors (Lipinski definition) is 6. The number of benzene rings is 1. The fourth-order valence-electron chi connectivity index (χ4n) is 1.63. The second-order valence-corrected chi connectivity index (χ2v) is 4.27. The van der Waals surface area contributed by atoms with E-state index in [1.807, 2.05) is 0 Å². The van der Waals surface area contributed by atoms with Crippen LogP contribution in [0.2, 0.25) is 0 Å². The predicted octanol–water partition coefficient (Wildman–Crippen LogP) is 1.07. The van der Waals surface area contributed by atoms with Crippen LogP contribution < -0.4 is 10.7 Å². The smallest absolute Gasteiger partial charge is 0.287 e. The van der Waals surface area contributed by atoms with Crippen molar-refractivity contribution in [1.82, 2.24) is 10.7 Å². The molecule has 0 saturated heterocycles. The van der Waals surface area contributed by atoms with Crippen molar-refractivity contribution in [2.45, 2.75) is 0 Å². The lowest BCUT2D eigenvalue weighted by Crippen LogP contribution is -2.34. The molecule has 2 amide bonds. The van der Waals surface area contributed by atoms with Gasteiger partial charge in [-0.1, -0.05) is 12.1 Å². The van der Waals surface area contributed by atoms with E-state index in [9.17, 15) is 19.7 Å². The van der Waals surface area contributed by atoms with Crippen LogP contribution in [0.25, 0.3) is 0 Å². The fourth-order valence-corrected chi connectivity index (χ4v) is 1.63. The number of nitro groups is 1. The second kappa shape index (κ2) is 7.50. The van der Waals surface area contributed by atoms with Crippen molar-refractivity contribution >= 4 is 23.7 Å². The Balaban J connectivity index is 1.85. The van der Waals surface area contributed by atoms with E-state index < -0.39 is 16.7 Å². The number of hydrazone groups is 1. The van der Waals surface area contributed by atoms with Crippen molar-refractivity contribution in [1.29, 1.82) is 0 Å². The quantitative estimate of drug-likeness (QED) is 0.468. The summed E-state index contributed by atoms with van der Waals surface area (Å²) in [5.74, 6) is -1.03. The molecule has 9 nitrogen and oxygen atoms in total. The Morgan fingerprint density at radius 2 is 2.04 bits per heavy atom. The van der Waals surface area contributed by atoms with Crippen LogP contribution >= 0.6 is 0 Å². The van der Waals surface area contributed by atoms with E-state index in [2.05, 4.69) is 15.8 Å². The molecule has 0 aliphatic rings. The highest BCUT2D eigenvalue weighted by Gasteiger charge is 2.11. The topological polar surface area (TPSA) is 127 Å². The Labute approximate surface area is 130 Å². The Kier molecular flexibility index (Phi) is 5.18. The van der Waals surface area contributed by atoms with Gasteiger partial charge in [-0.05, 0) is 18.2 Å². The molecule has 9 heteroatoms. The molecular formula is C14H12N4O5. The summed E-state index contributed by atoms with van der Waals surface area (Å²) in [7, 11) is 0. The Bertz CT molecular complexity index is 739. The average Bonchev–Trinajstić information content (AvgIpc) is 3.07. The number of nitrogens with one attached hydrogen (secondary N) is 2. The molecule has 0 aliphatic carbocycles. The Hall–Kier alpha value is -3.49. The van der Waals surface area contributed by atoms with Crippen LogP contribution in [0.1, 0.15) is 16.1 Å². The molecule has 0 radical (unpaired) electrons.